The molecule has 8 heteroatoms. The van der Waals surface area contributed by atoms with Gasteiger partial charge in [0.25, 0.3) is 5.69 Å². The van der Waals surface area contributed by atoms with Gasteiger partial charge in [-0.1, -0.05) is 12.1 Å². The fourth-order valence-corrected chi connectivity index (χ4v) is 3.89. The summed E-state index contributed by atoms with van der Waals surface area (Å²) < 4.78 is 38.2. The minimum absolute atomic E-state index is 0.0341. The molecular weight excluding hydrogens is 365 g/mol. The summed E-state index contributed by atoms with van der Waals surface area (Å²) in [4.78, 5) is 11.5. The van der Waals surface area contributed by atoms with E-state index in [0.29, 0.717) is 6.54 Å². The third kappa shape index (κ3) is 4.19. The summed E-state index contributed by atoms with van der Waals surface area (Å²) in [5, 5.41) is 10.9. The van der Waals surface area contributed by atoms with Crippen molar-refractivity contribution in [3.8, 4) is 0 Å². The van der Waals surface area contributed by atoms with Crippen molar-refractivity contribution in [3.63, 3.8) is 0 Å². The largest absolute Gasteiger partial charge is 0.416 e. The number of hydrogen-bond donors (Lipinski definition) is 2. The highest BCUT2D eigenvalue weighted by Crippen LogP contribution is 2.31. The van der Waals surface area contributed by atoms with E-state index in [1.807, 2.05) is 0 Å². The molecule has 2 aromatic rings. The van der Waals surface area contributed by atoms with Crippen LogP contribution in [0.1, 0.15) is 23.5 Å². The lowest BCUT2D eigenvalue weighted by Crippen LogP contribution is -3.10. The van der Waals surface area contributed by atoms with Crippen LogP contribution in [0.4, 0.5) is 24.5 Å². The normalized spacial score (nSPS) is 23.6. The number of piperidine rings is 1. The van der Waals surface area contributed by atoms with Crippen molar-refractivity contribution in [2.75, 3.05) is 13.1 Å². The second-order valence-electron chi connectivity index (χ2n) is 6.52. The first-order valence-corrected chi connectivity index (χ1v) is 8.70. The lowest BCUT2D eigenvalue weighted by molar-refractivity contribution is -0.839. The van der Waals surface area contributed by atoms with Crippen LogP contribution in [-0.4, -0.2) is 23.3 Å². The number of halogens is 3. The molecule has 1 aliphatic rings. The number of alkyl halides is 3. The highest BCUT2D eigenvalue weighted by Gasteiger charge is 2.33. The average molecular weight is 383 g/mol. The van der Waals surface area contributed by atoms with Crippen molar-refractivity contribution in [2.45, 2.75) is 23.8 Å². The van der Waals surface area contributed by atoms with Gasteiger partial charge in [-0.15, -0.1) is 0 Å². The maximum atomic E-state index is 12.7. The van der Waals surface area contributed by atoms with Crippen LogP contribution in [0.15, 0.2) is 48.5 Å². The summed E-state index contributed by atoms with van der Waals surface area (Å²) in [6, 6.07) is 11.7. The average Bonchev–Trinajstić information content (AvgIpc) is 2.60. The summed E-state index contributed by atoms with van der Waals surface area (Å²) in [6.45, 7) is 1.47. The van der Waals surface area contributed by atoms with E-state index in [0.717, 1.165) is 41.2 Å². The molecule has 0 amide bonds. The van der Waals surface area contributed by atoms with E-state index in [-0.39, 0.29) is 16.9 Å². The van der Waals surface area contributed by atoms with Crippen molar-refractivity contribution in [1.82, 2.24) is 0 Å². The Hall–Kier alpha value is -2.06. The van der Waals surface area contributed by atoms with Crippen LogP contribution in [0, 0.1) is 10.1 Å². The lowest BCUT2D eigenvalue weighted by Gasteiger charge is -2.33. The smallest absolute Gasteiger partial charge is 0.301 e. The molecule has 0 aromatic heterocycles. The van der Waals surface area contributed by atoms with Gasteiger partial charge >= 0.3 is 6.18 Å². The molecule has 3 rings (SSSR count). The number of nitro groups is 1. The minimum atomic E-state index is -4.34. The molecule has 2 aromatic carbocycles. The van der Waals surface area contributed by atoms with Gasteiger partial charge in [0, 0.05) is 30.2 Å². The highest BCUT2D eigenvalue weighted by molar-refractivity contribution is 7.81. The lowest BCUT2D eigenvalue weighted by atomic mass is 9.89. The summed E-state index contributed by atoms with van der Waals surface area (Å²) in [5.74, 6) is 0.0822. The van der Waals surface area contributed by atoms with Gasteiger partial charge in [-0.3, -0.25) is 10.1 Å². The van der Waals surface area contributed by atoms with E-state index < -0.39 is 16.7 Å². The first kappa shape index (κ1) is 18.7. The molecular formula is C18H18F3N2O2S+. The molecule has 1 N–H and O–H groups in total. The number of nitro benzene ring substituents is 1. The maximum absolute atomic E-state index is 12.7. The van der Waals surface area contributed by atoms with E-state index in [2.05, 4.69) is 12.6 Å². The van der Waals surface area contributed by atoms with E-state index in [9.17, 15) is 23.3 Å². The van der Waals surface area contributed by atoms with Gasteiger partial charge in [0.2, 0.25) is 0 Å². The number of quaternary nitrogens is 1. The fraction of sp³-hybridized carbons (Fsp3) is 0.333. The Morgan fingerprint density at radius 1 is 1.04 bits per heavy atom. The topological polar surface area (TPSA) is 47.6 Å². The standard InChI is InChI=1S/C18H17F3N2O2S/c19-18(20,21)14-3-1-12(2-4-14)13-9-17(26)11-22(10-13)15-5-7-16(8-6-15)23(24)25/h1-8,13,17,26H,9-11H2/p+1. The Bertz CT molecular complexity index is 779. The zero-order valence-corrected chi connectivity index (χ0v) is 14.6. The molecule has 138 valence electrons. The molecule has 1 aliphatic heterocycles. The summed E-state index contributed by atoms with van der Waals surface area (Å²) in [7, 11) is 0. The third-order valence-electron chi connectivity index (χ3n) is 4.73. The maximum Gasteiger partial charge on any atom is 0.416 e. The van der Waals surface area contributed by atoms with Crippen LogP contribution < -0.4 is 4.90 Å². The van der Waals surface area contributed by atoms with Gasteiger partial charge in [0.1, 0.15) is 5.69 Å². The molecule has 26 heavy (non-hydrogen) atoms. The quantitative estimate of drug-likeness (QED) is 0.483. The molecule has 0 radical (unpaired) electrons. The van der Waals surface area contributed by atoms with Crippen molar-refractivity contribution < 1.29 is 23.0 Å². The predicted octanol–water partition coefficient (Wildman–Crippen LogP) is 3.62. The Morgan fingerprint density at radius 2 is 1.65 bits per heavy atom. The Morgan fingerprint density at radius 3 is 2.19 bits per heavy atom. The summed E-state index contributed by atoms with van der Waals surface area (Å²) in [6.07, 6.45) is -3.56. The van der Waals surface area contributed by atoms with Crippen LogP contribution in [0.5, 0.6) is 0 Å². The van der Waals surface area contributed by atoms with Crippen LogP contribution in [0.25, 0.3) is 0 Å². The molecule has 0 aliphatic carbocycles. The van der Waals surface area contributed by atoms with E-state index >= 15 is 0 Å². The summed E-state index contributed by atoms with van der Waals surface area (Å²) in [5.41, 5.74) is 1.16. The van der Waals surface area contributed by atoms with Crippen LogP contribution in [-0.2, 0) is 6.18 Å². The molecule has 0 spiro atoms. The number of nitrogens with one attached hydrogen (secondary N) is 1. The van der Waals surface area contributed by atoms with Crippen molar-refractivity contribution in [1.29, 1.82) is 0 Å². The van der Waals surface area contributed by atoms with Gasteiger partial charge in [-0.2, -0.15) is 25.8 Å². The van der Waals surface area contributed by atoms with Crippen LogP contribution in [0.3, 0.4) is 0 Å². The Balaban J connectivity index is 1.78. The van der Waals surface area contributed by atoms with E-state index in [1.54, 1.807) is 12.1 Å². The number of rotatable bonds is 3. The third-order valence-corrected chi connectivity index (χ3v) is 5.12. The number of thiol groups is 1. The Labute approximate surface area is 154 Å². The van der Waals surface area contributed by atoms with Gasteiger partial charge in [-0.05, 0) is 24.1 Å². The van der Waals surface area contributed by atoms with Gasteiger partial charge in [0.05, 0.1) is 28.8 Å². The summed E-state index contributed by atoms with van der Waals surface area (Å²) >= 11 is 4.59. The molecule has 1 saturated heterocycles. The van der Waals surface area contributed by atoms with Crippen LogP contribution >= 0.6 is 12.6 Å². The van der Waals surface area contributed by atoms with Crippen molar-refractivity contribution in [2.24, 2.45) is 0 Å². The van der Waals surface area contributed by atoms with Crippen molar-refractivity contribution in [3.05, 3.63) is 69.8 Å². The highest BCUT2D eigenvalue weighted by atomic mass is 32.1. The first-order valence-electron chi connectivity index (χ1n) is 8.19. The monoisotopic (exact) mass is 383 g/mol. The van der Waals surface area contributed by atoms with Crippen molar-refractivity contribution >= 4 is 24.0 Å². The zero-order valence-electron chi connectivity index (χ0n) is 13.7. The molecule has 3 atom stereocenters. The number of nitrogens with zero attached hydrogens (tertiary/aromatic N) is 1. The SMILES string of the molecule is O=[N+]([O-])c1ccc([NH+]2CC(S)CC(c3ccc(C(F)(F)F)cc3)C2)cc1. The Kier molecular flexibility index (Phi) is 5.24. The molecule has 0 saturated carbocycles. The molecule has 4 nitrogen and oxygen atoms in total. The fourth-order valence-electron chi connectivity index (χ4n) is 3.41. The first-order chi connectivity index (χ1) is 12.2. The second-order valence-corrected chi connectivity index (χ2v) is 7.25. The van der Waals surface area contributed by atoms with Gasteiger partial charge in [-0.25, -0.2) is 0 Å². The second kappa shape index (κ2) is 7.28. The van der Waals surface area contributed by atoms with E-state index in [4.69, 9.17) is 0 Å². The van der Waals surface area contributed by atoms with Crippen LogP contribution in [0.2, 0.25) is 0 Å². The molecule has 1 fully saturated rings. The minimum Gasteiger partial charge on any atom is -0.301 e. The number of non-ortho nitro benzene ring substituents is 1. The predicted molar refractivity (Wildman–Crippen MR) is 95.0 cm³/mol. The molecule has 3 unspecified atom stereocenters. The molecule has 0 bridgehead atoms. The molecule has 1 heterocycles. The van der Waals surface area contributed by atoms with Gasteiger partial charge in [0.15, 0.2) is 0 Å². The van der Waals surface area contributed by atoms with Gasteiger partial charge < -0.3 is 4.90 Å². The number of benzene rings is 2. The number of hydrogen-bond acceptors (Lipinski definition) is 3. The zero-order chi connectivity index (χ0) is 18.9. The van der Waals surface area contributed by atoms with E-state index in [1.165, 1.54) is 24.3 Å².